The van der Waals surface area contributed by atoms with E-state index in [1.807, 2.05) is 37.3 Å². The summed E-state index contributed by atoms with van der Waals surface area (Å²) in [5.74, 6) is 0. The lowest BCUT2D eigenvalue weighted by atomic mass is 10.0. The van der Waals surface area contributed by atoms with Crippen LogP contribution in [-0.4, -0.2) is 0 Å². The lowest BCUT2D eigenvalue weighted by Crippen LogP contribution is -1.91. The second kappa shape index (κ2) is 4.66. The fourth-order valence-corrected chi connectivity index (χ4v) is 2.63. The molecule has 84 valence electrons. The first-order chi connectivity index (χ1) is 8.11. The van der Waals surface area contributed by atoms with Gasteiger partial charge in [0.2, 0.25) is 0 Å². The van der Waals surface area contributed by atoms with Crippen molar-refractivity contribution in [3.63, 3.8) is 0 Å². The Morgan fingerprint density at radius 2 is 1.94 bits per heavy atom. The lowest BCUT2D eigenvalue weighted by Gasteiger charge is -2.06. The number of hydrogen-bond donors (Lipinski definition) is 1. The first-order valence-corrected chi connectivity index (χ1v) is 6.25. The predicted molar refractivity (Wildman–Crippen MR) is 74.5 cm³/mol. The van der Waals surface area contributed by atoms with E-state index in [9.17, 15) is 0 Å². The zero-order chi connectivity index (χ0) is 12.4. The Balaban J connectivity index is 2.71. The van der Waals surface area contributed by atoms with Crippen molar-refractivity contribution in [1.82, 2.24) is 0 Å². The van der Waals surface area contributed by atoms with Gasteiger partial charge < -0.3 is 5.73 Å². The third-order valence-electron chi connectivity index (χ3n) is 2.46. The van der Waals surface area contributed by atoms with Crippen molar-refractivity contribution in [2.75, 3.05) is 5.73 Å². The molecule has 0 saturated heterocycles. The molecule has 0 unspecified atom stereocenters. The number of nitriles is 1. The van der Waals surface area contributed by atoms with Gasteiger partial charge in [-0.1, -0.05) is 42.0 Å². The summed E-state index contributed by atoms with van der Waals surface area (Å²) in [5, 5.41) is 9.63. The van der Waals surface area contributed by atoms with Gasteiger partial charge in [0.15, 0.2) is 0 Å². The molecule has 0 aliphatic carbocycles. The van der Waals surface area contributed by atoms with Gasteiger partial charge in [0.25, 0.3) is 0 Å². The highest BCUT2D eigenvalue weighted by atomic mass is 32.1. The molecule has 0 spiro atoms. The van der Waals surface area contributed by atoms with Gasteiger partial charge in [0, 0.05) is 5.56 Å². The Labute approximate surface area is 109 Å². The molecule has 2 aromatic rings. The summed E-state index contributed by atoms with van der Waals surface area (Å²) in [5.41, 5.74) is 9.30. The predicted octanol–water partition coefficient (Wildman–Crippen LogP) is 3.91. The maximum absolute atomic E-state index is 9.15. The molecule has 0 aliphatic heterocycles. The summed E-state index contributed by atoms with van der Waals surface area (Å²) in [6.07, 6.45) is 0. The summed E-state index contributed by atoms with van der Waals surface area (Å²) < 4.78 is 0.692. The Kier molecular flexibility index (Phi) is 3.23. The Hall–Kier alpha value is -1.70. The SMILES string of the molecule is Cc1ccc(-c2cc(=S)sc(N)c2C#N)cc1. The van der Waals surface area contributed by atoms with Crippen molar-refractivity contribution in [2.24, 2.45) is 0 Å². The minimum absolute atomic E-state index is 0.482. The normalized spacial score (nSPS) is 9.88. The van der Waals surface area contributed by atoms with E-state index in [4.69, 9.17) is 23.2 Å². The quantitative estimate of drug-likeness (QED) is 0.789. The van der Waals surface area contributed by atoms with Crippen LogP contribution in [0.2, 0.25) is 0 Å². The highest BCUT2D eigenvalue weighted by Gasteiger charge is 2.09. The molecule has 0 atom stereocenters. The number of nitrogen functional groups attached to an aromatic ring is 1. The maximum atomic E-state index is 9.15. The Morgan fingerprint density at radius 1 is 1.29 bits per heavy atom. The molecule has 2 nitrogen and oxygen atoms in total. The molecule has 0 saturated carbocycles. The van der Waals surface area contributed by atoms with Crippen LogP contribution in [-0.2, 0) is 0 Å². The van der Waals surface area contributed by atoms with E-state index in [0.29, 0.717) is 14.4 Å². The molecular formula is C13H10N2S2. The number of anilines is 1. The van der Waals surface area contributed by atoms with Crippen molar-refractivity contribution in [3.05, 3.63) is 45.3 Å². The summed E-state index contributed by atoms with van der Waals surface area (Å²) in [6.45, 7) is 2.02. The average molecular weight is 258 g/mol. The van der Waals surface area contributed by atoms with E-state index in [1.54, 1.807) is 0 Å². The Bertz CT molecular complexity index is 649. The molecule has 17 heavy (non-hydrogen) atoms. The number of rotatable bonds is 1. The van der Waals surface area contributed by atoms with Gasteiger partial charge in [-0.25, -0.2) is 0 Å². The van der Waals surface area contributed by atoms with E-state index in [1.165, 1.54) is 16.9 Å². The number of benzene rings is 1. The standard InChI is InChI=1S/C13H10N2S2/c1-8-2-4-9(5-3-8)10-6-12(16)17-13(15)11(10)7-14/h2-6H,15H2,1H3. The van der Waals surface area contributed by atoms with Gasteiger partial charge >= 0.3 is 0 Å². The second-order valence-electron chi connectivity index (χ2n) is 3.70. The third-order valence-corrected chi connectivity index (χ3v) is 3.57. The topological polar surface area (TPSA) is 49.8 Å². The molecule has 0 bridgehead atoms. The molecule has 0 amide bonds. The van der Waals surface area contributed by atoms with Crippen molar-refractivity contribution in [2.45, 2.75) is 6.92 Å². The van der Waals surface area contributed by atoms with Crippen LogP contribution in [0.15, 0.2) is 30.3 Å². The van der Waals surface area contributed by atoms with Crippen molar-refractivity contribution in [1.29, 1.82) is 5.26 Å². The molecule has 0 radical (unpaired) electrons. The molecule has 2 rings (SSSR count). The van der Waals surface area contributed by atoms with E-state index in [0.717, 1.165) is 11.1 Å². The van der Waals surface area contributed by atoms with E-state index < -0.39 is 0 Å². The van der Waals surface area contributed by atoms with Crippen LogP contribution < -0.4 is 5.73 Å². The minimum atomic E-state index is 0.482. The smallest absolute Gasteiger partial charge is 0.106 e. The van der Waals surface area contributed by atoms with Crippen LogP contribution >= 0.6 is 23.6 Å². The van der Waals surface area contributed by atoms with E-state index >= 15 is 0 Å². The second-order valence-corrected chi connectivity index (χ2v) is 5.48. The van der Waals surface area contributed by atoms with Crippen molar-refractivity contribution in [3.8, 4) is 17.2 Å². The van der Waals surface area contributed by atoms with Crippen LogP contribution in [0.1, 0.15) is 11.1 Å². The molecular weight excluding hydrogens is 248 g/mol. The fourth-order valence-electron chi connectivity index (χ4n) is 1.59. The summed E-state index contributed by atoms with van der Waals surface area (Å²) in [7, 11) is 0. The monoisotopic (exact) mass is 258 g/mol. The maximum Gasteiger partial charge on any atom is 0.106 e. The highest BCUT2D eigenvalue weighted by Crippen LogP contribution is 2.30. The number of nitrogens with zero attached hydrogens (tertiary/aromatic N) is 1. The molecule has 0 fully saturated rings. The number of aryl methyl sites for hydroxylation is 1. The first-order valence-electron chi connectivity index (χ1n) is 5.02. The molecule has 1 aromatic heterocycles. The van der Waals surface area contributed by atoms with Gasteiger partial charge in [-0.3, -0.25) is 0 Å². The van der Waals surface area contributed by atoms with Crippen molar-refractivity contribution >= 4 is 28.6 Å². The van der Waals surface area contributed by atoms with Gasteiger partial charge in [-0.2, -0.15) is 5.26 Å². The molecule has 2 N–H and O–H groups in total. The van der Waals surface area contributed by atoms with Crippen LogP contribution in [0.25, 0.3) is 11.1 Å². The number of hydrogen-bond acceptors (Lipinski definition) is 4. The van der Waals surface area contributed by atoms with Crippen LogP contribution in [0.5, 0.6) is 0 Å². The zero-order valence-corrected chi connectivity index (χ0v) is 10.9. The molecule has 1 heterocycles. The fraction of sp³-hybridized carbons (Fsp3) is 0.0769. The Morgan fingerprint density at radius 3 is 2.53 bits per heavy atom. The third kappa shape index (κ3) is 2.36. The summed E-state index contributed by atoms with van der Waals surface area (Å²) in [6, 6.07) is 11.9. The van der Waals surface area contributed by atoms with E-state index in [2.05, 4.69) is 6.07 Å². The largest absolute Gasteiger partial charge is 0.389 e. The lowest BCUT2D eigenvalue weighted by molar-refractivity contribution is 1.46. The first kappa shape index (κ1) is 11.8. The zero-order valence-electron chi connectivity index (χ0n) is 9.23. The number of nitrogens with two attached hydrogens (primary N) is 1. The minimum Gasteiger partial charge on any atom is -0.389 e. The van der Waals surface area contributed by atoms with Gasteiger partial charge in [0.1, 0.15) is 11.1 Å². The van der Waals surface area contributed by atoms with Gasteiger partial charge in [-0.15, -0.1) is 11.3 Å². The van der Waals surface area contributed by atoms with Crippen LogP contribution in [0.4, 0.5) is 5.00 Å². The molecule has 1 aromatic carbocycles. The summed E-state index contributed by atoms with van der Waals surface area (Å²) in [4.78, 5) is 0. The van der Waals surface area contributed by atoms with Gasteiger partial charge in [-0.05, 0) is 18.6 Å². The van der Waals surface area contributed by atoms with E-state index in [-0.39, 0.29) is 0 Å². The summed E-state index contributed by atoms with van der Waals surface area (Å²) >= 11 is 6.41. The van der Waals surface area contributed by atoms with Crippen molar-refractivity contribution < 1.29 is 0 Å². The van der Waals surface area contributed by atoms with Gasteiger partial charge in [0.05, 0.1) is 9.39 Å². The molecule has 0 aliphatic rings. The average Bonchev–Trinajstić information content (AvgIpc) is 2.29. The highest BCUT2D eigenvalue weighted by molar-refractivity contribution is 7.73. The van der Waals surface area contributed by atoms with Crippen LogP contribution in [0.3, 0.4) is 0 Å². The molecule has 4 heteroatoms. The van der Waals surface area contributed by atoms with Crippen LogP contribution in [0, 0.1) is 22.1 Å².